The summed E-state index contributed by atoms with van der Waals surface area (Å²) in [5.41, 5.74) is 1.16. The van der Waals surface area contributed by atoms with Crippen LogP contribution in [0.4, 0.5) is 0 Å². The van der Waals surface area contributed by atoms with E-state index in [4.69, 9.17) is 0 Å². The van der Waals surface area contributed by atoms with E-state index in [0.29, 0.717) is 6.04 Å². The van der Waals surface area contributed by atoms with Crippen LogP contribution in [-0.4, -0.2) is 18.0 Å². The van der Waals surface area contributed by atoms with Gasteiger partial charge in [-0.15, -0.1) is 0 Å². The van der Waals surface area contributed by atoms with Gasteiger partial charge in [0.1, 0.15) is 0 Å². The predicted molar refractivity (Wildman–Crippen MR) is 56.1 cm³/mol. The molecule has 0 bridgehead atoms. The Morgan fingerprint density at radius 2 is 1.75 bits per heavy atom. The van der Waals surface area contributed by atoms with Crippen molar-refractivity contribution >= 4 is 0 Å². The van der Waals surface area contributed by atoms with Gasteiger partial charge in [-0.3, -0.25) is 0 Å². The molecule has 0 heterocycles. The molecule has 0 saturated heterocycles. The highest BCUT2D eigenvalue weighted by atomic mass is 15.1. The first-order chi connectivity index (χ1) is 5.54. The molecule has 0 radical (unpaired) electrons. The summed E-state index contributed by atoms with van der Waals surface area (Å²) in [7, 11) is 2.13. The number of hydrogen-bond donors (Lipinski definition) is 0. The molecule has 0 aliphatic rings. The molecule has 0 aromatic carbocycles. The summed E-state index contributed by atoms with van der Waals surface area (Å²) in [5, 5.41) is 0. The maximum Gasteiger partial charge on any atom is 0.0283 e. The summed E-state index contributed by atoms with van der Waals surface area (Å²) in [6.07, 6.45) is 2.52. The Labute approximate surface area is 77.5 Å². The van der Waals surface area contributed by atoms with Gasteiger partial charge < -0.3 is 4.90 Å². The van der Waals surface area contributed by atoms with Gasteiger partial charge in [0.2, 0.25) is 0 Å². The fourth-order valence-electron chi connectivity index (χ4n) is 1.63. The first kappa shape index (κ1) is 11.5. The van der Waals surface area contributed by atoms with Crippen molar-refractivity contribution in [3.8, 4) is 0 Å². The van der Waals surface area contributed by atoms with Gasteiger partial charge in [-0.25, -0.2) is 0 Å². The summed E-state index contributed by atoms with van der Waals surface area (Å²) < 4.78 is 0. The van der Waals surface area contributed by atoms with Crippen LogP contribution in [0.1, 0.15) is 40.5 Å². The highest BCUT2D eigenvalue weighted by Gasteiger charge is 2.16. The first-order valence-corrected chi connectivity index (χ1v) is 4.92. The SMILES string of the molecule is C=C(C)N(C)[C@H](C)C(CC)CC. The minimum Gasteiger partial charge on any atom is -0.376 e. The van der Waals surface area contributed by atoms with Crippen molar-refractivity contribution in [3.63, 3.8) is 0 Å². The molecular formula is C11H23N. The lowest BCUT2D eigenvalue weighted by Crippen LogP contribution is -2.33. The molecule has 0 aromatic rings. The number of hydrogen-bond acceptors (Lipinski definition) is 1. The van der Waals surface area contributed by atoms with Crippen molar-refractivity contribution < 1.29 is 0 Å². The van der Waals surface area contributed by atoms with E-state index in [1.807, 2.05) is 0 Å². The summed E-state index contributed by atoms with van der Waals surface area (Å²) in [6.45, 7) is 12.8. The number of rotatable bonds is 5. The van der Waals surface area contributed by atoms with Gasteiger partial charge in [0.05, 0.1) is 0 Å². The number of allylic oxidation sites excluding steroid dienone is 1. The van der Waals surface area contributed by atoms with Crippen LogP contribution in [0.15, 0.2) is 12.3 Å². The molecule has 72 valence electrons. The minimum absolute atomic E-state index is 0.623. The minimum atomic E-state index is 0.623. The Morgan fingerprint density at radius 3 is 2.00 bits per heavy atom. The van der Waals surface area contributed by atoms with E-state index in [2.05, 4.69) is 46.2 Å². The second-order valence-electron chi connectivity index (χ2n) is 3.66. The van der Waals surface area contributed by atoms with E-state index in [1.165, 1.54) is 12.8 Å². The maximum absolute atomic E-state index is 3.95. The second kappa shape index (κ2) is 5.23. The van der Waals surface area contributed by atoms with Gasteiger partial charge in [0.25, 0.3) is 0 Å². The standard InChI is InChI=1S/C11H23N/c1-7-11(8-2)10(5)12(6)9(3)4/h10-11H,3,7-8H2,1-2,4-6H3/t10-/m1/s1. The highest BCUT2D eigenvalue weighted by Crippen LogP contribution is 2.19. The summed E-state index contributed by atoms with van der Waals surface area (Å²) in [5.74, 6) is 0.798. The van der Waals surface area contributed by atoms with Gasteiger partial charge in [0, 0.05) is 18.8 Å². The molecule has 0 aliphatic heterocycles. The zero-order chi connectivity index (χ0) is 9.72. The van der Waals surface area contributed by atoms with Crippen molar-refractivity contribution in [1.82, 2.24) is 4.90 Å². The van der Waals surface area contributed by atoms with Crippen LogP contribution in [-0.2, 0) is 0 Å². The average Bonchev–Trinajstić information content (AvgIpc) is 2.05. The second-order valence-corrected chi connectivity index (χ2v) is 3.66. The Hall–Kier alpha value is -0.460. The third-order valence-corrected chi connectivity index (χ3v) is 2.94. The van der Waals surface area contributed by atoms with Crippen LogP contribution in [0.5, 0.6) is 0 Å². The van der Waals surface area contributed by atoms with Crippen molar-refractivity contribution in [1.29, 1.82) is 0 Å². The maximum atomic E-state index is 3.95. The fraction of sp³-hybridized carbons (Fsp3) is 0.818. The Balaban J connectivity index is 4.14. The fourth-order valence-corrected chi connectivity index (χ4v) is 1.63. The molecule has 0 unspecified atom stereocenters. The van der Waals surface area contributed by atoms with E-state index in [0.717, 1.165) is 11.6 Å². The van der Waals surface area contributed by atoms with E-state index in [9.17, 15) is 0 Å². The molecular weight excluding hydrogens is 146 g/mol. The summed E-state index contributed by atoms with van der Waals surface area (Å²) in [6, 6.07) is 0.623. The first-order valence-electron chi connectivity index (χ1n) is 4.92. The zero-order valence-corrected chi connectivity index (χ0v) is 9.22. The topological polar surface area (TPSA) is 3.24 Å². The summed E-state index contributed by atoms with van der Waals surface area (Å²) in [4.78, 5) is 2.28. The van der Waals surface area contributed by atoms with E-state index in [1.54, 1.807) is 0 Å². The third-order valence-electron chi connectivity index (χ3n) is 2.94. The number of nitrogens with zero attached hydrogens (tertiary/aromatic N) is 1. The third kappa shape index (κ3) is 2.88. The molecule has 0 aliphatic carbocycles. The van der Waals surface area contributed by atoms with E-state index < -0.39 is 0 Å². The van der Waals surface area contributed by atoms with Gasteiger partial charge in [-0.1, -0.05) is 33.3 Å². The molecule has 0 N–H and O–H groups in total. The quantitative estimate of drug-likeness (QED) is 0.610. The Morgan fingerprint density at radius 1 is 1.33 bits per heavy atom. The van der Waals surface area contributed by atoms with Crippen molar-refractivity contribution in [2.45, 2.75) is 46.6 Å². The molecule has 1 nitrogen and oxygen atoms in total. The van der Waals surface area contributed by atoms with E-state index in [-0.39, 0.29) is 0 Å². The average molecular weight is 169 g/mol. The highest BCUT2D eigenvalue weighted by molar-refractivity contribution is 4.90. The van der Waals surface area contributed by atoms with Gasteiger partial charge >= 0.3 is 0 Å². The summed E-state index contributed by atoms with van der Waals surface area (Å²) >= 11 is 0. The van der Waals surface area contributed by atoms with Crippen LogP contribution in [0.25, 0.3) is 0 Å². The smallest absolute Gasteiger partial charge is 0.0283 e. The normalized spacial score (nSPS) is 13.2. The molecule has 0 saturated carbocycles. The molecule has 12 heavy (non-hydrogen) atoms. The lowest BCUT2D eigenvalue weighted by atomic mass is 9.94. The molecule has 0 fully saturated rings. The van der Waals surface area contributed by atoms with Crippen LogP contribution >= 0.6 is 0 Å². The van der Waals surface area contributed by atoms with Crippen LogP contribution in [0.2, 0.25) is 0 Å². The van der Waals surface area contributed by atoms with Crippen LogP contribution < -0.4 is 0 Å². The van der Waals surface area contributed by atoms with E-state index >= 15 is 0 Å². The van der Waals surface area contributed by atoms with Gasteiger partial charge in [-0.05, 0) is 19.8 Å². The molecule has 0 spiro atoms. The molecule has 1 atom stereocenters. The molecule has 0 amide bonds. The van der Waals surface area contributed by atoms with Crippen LogP contribution in [0, 0.1) is 5.92 Å². The zero-order valence-electron chi connectivity index (χ0n) is 9.22. The Bertz CT molecular complexity index is 136. The lowest BCUT2D eigenvalue weighted by molar-refractivity contribution is 0.225. The lowest BCUT2D eigenvalue weighted by Gasteiger charge is -2.32. The Kier molecular flexibility index (Phi) is 5.03. The predicted octanol–water partition coefficient (Wildman–Crippen LogP) is 3.28. The van der Waals surface area contributed by atoms with Crippen molar-refractivity contribution in [2.24, 2.45) is 5.92 Å². The molecule has 0 rings (SSSR count). The van der Waals surface area contributed by atoms with Crippen LogP contribution in [0.3, 0.4) is 0 Å². The molecule has 1 heteroatoms. The molecule has 0 aromatic heterocycles. The van der Waals surface area contributed by atoms with Crippen molar-refractivity contribution in [3.05, 3.63) is 12.3 Å². The largest absolute Gasteiger partial charge is 0.376 e. The monoisotopic (exact) mass is 169 g/mol. The van der Waals surface area contributed by atoms with Gasteiger partial charge in [-0.2, -0.15) is 0 Å². The van der Waals surface area contributed by atoms with Gasteiger partial charge in [0.15, 0.2) is 0 Å². The van der Waals surface area contributed by atoms with Crippen molar-refractivity contribution in [2.75, 3.05) is 7.05 Å².